The SMILES string of the molecule is CCCCCCCC1CCC(c2ccc(-c3ccc(C(F)(F)F)cc3)c(F)c2)CC1. The largest absolute Gasteiger partial charge is 0.416 e. The molecule has 0 saturated heterocycles. The fourth-order valence-corrected chi connectivity index (χ4v) is 4.68. The fourth-order valence-electron chi connectivity index (χ4n) is 4.68. The lowest BCUT2D eigenvalue weighted by Crippen LogP contribution is -2.13. The summed E-state index contributed by atoms with van der Waals surface area (Å²) in [6, 6.07) is 9.94. The molecule has 0 atom stereocenters. The second-order valence-corrected chi connectivity index (χ2v) is 8.73. The van der Waals surface area contributed by atoms with Crippen LogP contribution in [0, 0.1) is 11.7 Å². The van der Waals surface area contributed by atoms with E-state index in [1.165, 1.54) is 63.5 Å². The molecule has 0 spiro atoms. The number of hydrogen-bond donors (Lipinski definition) is 0. The van der Waals surface area contributed by atoms with Gasteiger partial charge in [-0.05, 0) is 66.8 Å². The second kappa shape index (κ2) is 10.5. The van der Waals surface area contributed by atoms with Crippen LogP contribution >= 0.6 is 0 Å². The van der Waals surface area contributed by atoms with Crippen LogP contribution in [0.1, 0.15) is 88.2 Å². The molecule has 0 aliphatic heterocycles. The molecule has 0 radical (unpaired) electrons. The number of hydrogen-bond acceptors (Lipinski definition) is 0. The molecular weight excluding hydrogens is 388 g/mol. The van der Waals surface area contributed by atoms with Crippen molar-refractivity contribution in [1.29, 1.82) is 0 Å². The third kappa shape index (κ3) is 6.09. The van der Waals surface area contributed by atoms with Gasteiger partial charge in [0.05, 0.1) is 5.56 Å². The van der Waals surface area contributed by atoms with E-state index in [-0.39, 0.29) is 5.82 Å². The molecule has 2 aromatic rings. The highest BCUT2D eigenvalue weighted by atomic mass is 19.4. The van der Waals surface area contributed by atoms with Crippen LogP contribution in [0.5, 0.6) is 0 Å². The maximum absolute atomic E-state index is 14.7. The van der Waals surface area contributed by atoms with Crippen molar-refractivity contribution in [2.75, 3.05) is 0 Å². The highest BCUT2D eigenvalue weighted by molar-refractivity contribution is 5.65. The predicted molar refractivity (Wildman–Crippen MR) is 115 cm³/mol. The van der Waals surface area contributed by atoms with Crippen LogP contribution in [-0.4, -0.2) is 0 Å². The number of alkyl halides is 3. The maximum Gasteiger partial charge on any atom is 0.416 e. The Bertz CT molecular complexity index is 784. The Morgan fingerprint density at radius 3 is 2.10 bits per heavy atom. The summed E-state index contributed by atoms with van der Waals surface area (Å²) < 4.78 is 52.9. The van der Waals surface area contributed by atoms with E-state index in [2.05, 4.69) is 6.92 Å². The summed E-state index contributed by atoms with van der Waals surface area (Å²) in [4.78, 5) is 0. The van der Waals surface area contributed by atoms with Gasteiger partial charge in [0.25, 0.3) is 0 Å². The van der Waals surface area contributed by atoms with Crippen molar-refractivity contribution in [1.82, 2.24) is 0 Å². The van der Waals surface area contributed by atoms with Gasteiger partial charge in [-0.25, -0.2) is 4.39 Å². The minimum atomic E-state index is -4.38. The van der Waals surface area contributed by atoms with Gasteiger partial charge in [0.1, 0.15) is 5.82 Å². The maximum atomic E-state index is 14.7. The molecule has 1 aliphatic carbocycles. The molecule has 1 aliphatic rings. The summed E-state index contributed by atoms with van der Waals surface area (Å²) in [7, 11) is 0. The van der Waals surface area contributed by atoms with E-state index < -0.39 is 11.7 Å². The smallest absolute Gasteiger partial charge is 0.206 e. The Labute approximate surface area is 177 Å². The first-order valence-electron chi connectivity index (χ1n) is 11.4. The zero-order valence-electron chi connectivity index (χ0n) is 17.8. The average Bonchev–Trinajstić information content (AvgIpc) is 2.73. The highest BCUT2D eigenvalue weighted by Gasteiger charge is 2.30. The van der Waals surface area contributed by atoms with Crippen molar-refractivity contribution in [3.05, 3.63) is 59.4 Å². The summed E-state index contributed by atoms with van der Waals surface area (Å²) in [6.45, 7) is 2.24. The Morgan fingerprint density at radius 1 is 0.833 bits per heavy atom. The minimum absolute atomic E-state index is 0.355. The molecule has 0 N–H and O–H groups in total. The van der Waals surface area contributed by atoms with E-state index in [0.717, 1.165) is 36.5 Å². The summed E-state index contributed by atoms with van der Waals surface area (Å²) >= 11 is 0. The third-order valence-corrected chi connectivity index (χ3v) is 6.55. The number of unbranched alkanes of at least 4 members (excludes halogenated alkanes) is 4. The lowest BCUT2D eigenvalue weighted by Gasteiger charge is -2.29. The summed E-state index contributed by atoms with van der Waals surface area (Å²) in [6.07, 6.45) is 8.17. The van der Waals surface area contributed by atoms with Gasteiger partial charge >= 0.3 is 6.18 Å². The first kappa shape index (κ1) is 22.8. The van der Waals surface area contributed by atoms with Crippen LogP contribution in [0.25, 0.3) is 11.1 Å². The Balaban J connectivity index is 1.56. The van der Waals surface area contributed by atoms with Gasteiger partial charge in [0, 0.05) is 5.56 Å². The first-order chi connectivity index (χ1) is 14.4. The topological polar surface area (TPSA) is 0 Å². The fraction of sp³-hybridized carbons (Fsp3) is 0.538. The van der Waals surface area contributed by atoms with Crippen LogP contribution in [0.2, 0.25) is 0 Å². The van der Waals surface area contributed by atoms with Crippen molar-refractivity contribution in [3.63, 3.8) is 0 Å². The van der Waals surface area contributed by atoms with Crippen LogP contribution in [0.4, 0.5) is 17.6 Å². The summed E-state index contributed by atoms with van der Waals surface area (Å²) in [5.74, 6) is 0.835. The molecule has 3 rings (SSSR count). The van der Waals surface area contributed by atoms with Gasteiger partial charge in [0.15, 0.2) is 0 Å². The summed E-state index contributed by atoms with van der Waals surface area (Å²) in [5, 5.41) is 0. The van der Waals surface area contributed by atoms with E-state index >= 15 is 0 Å². The molecule has 0 heterocycles. The van der Waals surface area contributed by atoms with Crippen LogP contribution in [0.15, 0.2) is 42.5 Å². The Morgan fingerprint density at radius 2 is 1.50 bits per heavy atom. The number of halogens is 4. The molecule has 30 heavy (non-hydrogen) atoms. The van der Waals surface area contributed by atoms with Gasteiger partial charge in [-0.1, -0.05) is 69.7 Å². The van der Waals surface area contributed by atoms with Crippen molar-refractivity contribution < 1.29 is 17.6 Å². The van der Waals surface area contributed by atoms with Gasteiger partial charge < -0.3 is 0 Å². The minimum Gasteiger partial charge on any atom is -0.206 e. The predicted octanol–water partition coefficient (Wildman–Crippen LogP) is 9.15. The molecule has 4 heteroatoms. The van der Waals surface area contributed by atoms with E-state index in [4.69, 9.17) is 0 Å². The molecule has 1 fully saturated rings. The van der Waals surface area contributed by atoms with Crippen molar-refractivity contribution in [2.24, 2.45) is 5.92 Å². The quantitative estimate of drug-likeness (QED) is 0.295. The van der Waals surface area contributed by atoms with Gasteiger partial charge in [0.2, 0.25) is 0 Å². The van der Waals surface area contributed by atoms with E-state index in [9.17, 15) is 17.6 Å². The van der Waals surface area contributed by atoms with E-state index in [1.54, 1.807) is 12.1 Å². The monoisotopic (exact) mass is 420 g/mol. The lowest BCUT2D eigenvalue weighted by atomic mass is 9.77. The number of benzene rings is 2. The third-order valence-electron chi connectivity index (χ3n) is 6.55. The lowest BCUT2D eigenvalue weighted by molar-refractivity contribution is -0.137. The molecule has 0 aromatic heterocycles. The zero-order valence-corrected chi connectivity index (χ0v) is 17.8. The number of rotatable bonds is 8. The van der Waals surface area contributed by atoms with Crippen LogP contribution < -0.4 is 0 Å². The molecular formula is C26H32F4. The van der Waals surface area contributed by atoms with Gasteiger partial charge in [-0.15, -0.1) is 0 Å². The molecule has 0 bridgehead atoms. The Hall–Kier alpha value is -1.84. The molecule has 0 unspecified atom stereocenters. The summed E-state index contributed by atoms with van der Waals surface area (Å²) in [5.41, 5.74) is 1.13. The zero-order chi connectivity index (χ0) is 21.6. The normalized spacial score (nSPS) is 19.8. The van der Waals surface area contributed by atoms with Crippen molar-refractivity contribution >= 4 is 0 Å². The van der Waals surface area contributed by atoms with E-state index in [0.29, 0.717) is 17.0 Å². The molecule has 1 saturated carbocycles. The second-order valence-electron chi connectivity index (χ2n) is 8.73. The van der Waals surface area contributed by atoms with Crippen molar-refractivity contribution in [2.45, 2.75) is 83.2 Å². The average molecular weight is 421 g/mol. The Kier molecular flexibility index (Phi) is 7.96. The molecule has 0 amide bonds. The van der Waals surface area contributed by atoms with Gasteiger partial charge in [-0.3, -0.25) is 0 Å². The molecule has 2 aromatic carbocycles. The highest BCUT2D eigenvalue weighted by Crippen LogP contribution is 2.39. The van der Waals surface area contributed by atoms with Crippen LogP contribution in [-0.2, 0) is 6.18 Å². The van der Waals surface area contributed by atoms with E-state index in [1.807, 2.05) is 6.07 Å². The first-order valence-corrected chi connectivity index (χ1v) is 11.4. The molecule has 164 valence electrons. The van der Waals surface area contributed by atoms with Gasteiger partial charge in [-0.2, -0.15) is 13.2 Å². The van der Waals surface area contributed by atoms with Crippen LogP contribution in [0.3, 0.4) is 0 Å². The standard InChI is InChI=1S/C26H32F4/c1-2-3-4-5-6-7-19-8-10-20(11-9-19)22-14-17-24(25(27)18-22)21-12-15-23(16-13-21)26(28,29)30/h12-20H,2-11H2,1H3. The molecule has 0 nitrogen and oxygen atoms in total. The van der Waals surface area contributed by atoms with Crippen molar-refractivity contribution in [3.8, 4) is 11.1 Å².